The van der Waals surface area contributed by atoms with Gasteiger partial charge in [0, 0.05) is 24.2 Å². The van der Waals surface area contributed by atoms with Crippen LogP contribution in [-0.4, -0.2) is 28.7 Å². The van der Waals surface area contributed by atoms with E-state index < -0.39 is 0 Å². The molecule has 3 fully saturated rings. The van der Waals surface area contributed by atoms with Crippen molar-refractivity contribution in [2.45, 2.75) is 24.3 Å². The van der Waals surface area contributed by atoms with E-state index >= 15 is 0 Å². The van der Waals surface area contributed by atoms with E-state index in [2.05, 4.69) is 26.6 Å². The van der Waals surface area contributed by atoms with Gasteiger partial charge >= 0.3 is 5.97 Å². The number of esters is 1. The van der Waals surface area contributed by atoms with Crippen LogP contribution in [0.25, 0.3) is 0 Å². The van der Waals surface area contributed by atoms with Crippen molar-refractivity contribution in [3.8, 4) is 0 Å². The van der Waals surface area contributed by atoms with E-state index in [1.165, 1.54) is 6.92 Å². The Balaban J connectivity index is 1.49. The Kier molecular flexibility index (Phi) is 3.63. The molecule has 0 aromatic heterocycles. The molecule has 6 atom stereocenters. The fourth-order valence-electron chi connectivity index (χ4n) is 4.40. The molecule has 2 amide bonds. The van der Waals surface area contributed by atoms with Crippen LogP contribution in [0, 0.1) is 23.7 Å². The number of alkyl halides is 1. The van der Waals surface area contributed by atoms with Crippen LogP contribution < -0.4 is 10.6 Å². The van der Waals surface area contributed by atoms with Crippen LogP contribution in [0.1, 0.15) is 13.3 Å². The number of nitrogens with one attached hydrogen (secondary N) is 2. The van der Waals surface area contributed by atoms with Gasteiger partial charge in [-0.25, -0.2) is 0 Å². The minimum absolute atomic E-state index is 0.0584. The minimum atomic E-state index is -0.347. The predicted octanol–water partition coefficient (Wildman–Crippen LogP) is 2.15. The smallest absolute Gasteiger partial charge is 0.310 e. The molecule has 2 bridgehead atoms. The Morgan fingerprint density at radius 3 is 2.38 bits per heavy atom. The van der Waals surface area contributed by atoms with Gasteiger partial charge in [0.1, 0.15) is 6.10 Å². The Morgan fingerprint density at radius 1 is 1.12 bits per heavy atom. The van der Waals surface area contributed by atoms with Gasteiger partial charge in [0.25, 0.3) is 0 Å². The third-order valence-electron chi connectivity index (χ3n) is 5.30. The van der Waals surface area contributed by atoms with E-state index in [4.69, 9.17) is 4.74 Å². The predicted molar refractivity (Wildman–Crippen MR) is 90.5 cm³/mol. The molecule has 4 rings (SSSR count). The summed E-state index contributed by atoms with van der Waals surface area (Å²) in [5, 5.41) is 5.57. The zero-order chi connectivity index (χ0) is 17.0. The summed E-state index contributed by atoms with van der Waals surface area (Å²) in [6.07, 6.45) is 0.782. The molecule has 2 aliphatic carbocycles. The van der Waals surface area contributed by atoms with Crippen molar-refractivity contribution in [2.75, 3.05) is 10.6 Å². The highest BCUT2D eigenvalue weighted by molar-refractivity contribution is 9.09. The van der Waals surface area contributed by atoms with Gasteiger partial charge in [-0.3, -0.25) is 14.4 Å². The summed E-state index contributed by atoms with van der Waals surface area (Å²) in [6, 6.07) is 6.92. The standard InChI is InChI=1S/C17H17BrN2O4/c1-7(21)19-8-2-4-9(5-3-8)20-16(22)12-10-6-11-13(12)17(23)24-15(11)14(10)18/h2-5,10-15H,6H2,1H3,(H,19,21)(H,20,22)/t10-,11-,12-,13+,14+,15+/m1/s1. The third kappa shape index (κ3) is 2.33. The van der Waals surface area contributed by atoms with Crippen LogP contribution in [0.2, 0.25) is 0 Å². The monoisotopic (exact) mass is 392 g/mol. The number of hydrogen-bond acceptors (Lipinski definition) is 4. The van der Waals surface area contributed by atoms with Gasteiger partial charge in [0.15, 0.2) is 0 Å². The normalized spacial score (nSPS) is 35.7. The number of fused-ring (bicyclic) bond motifs is 1. The lowest BCUT2D eigenvalue weighted by atomic mass is 9.79. The molecule has 0 unspecified atom stereocenters. The van der Waals surface area contributed by atoms with E-state index in [-0.39, 0.29) is 52.4 Å². The first-order valence-corrected chi connectivity index (χ1v) is 8.90. The molecular weight excluding hydrogens is 376 g/mol. The molecule has 0 radical (unpaired) electrons. The fraction of sp³-hybridized carbons (Fsp3) is 0.471. The summed E-state index contributed by atoms with van der Waals surface area (Å²) < 4.78 is 5.43. The number of hydrogen-bond donors (Lipinski definition) is 2. The number of anilines is 2. The molecule has 3 aliphatic rings. The highest BCUT2D eigenvalue weighted by Crippen LogP contribution is 2.60. The zero-order valence-electron chi connectivity index (χ0n) is 13.0. The van der Waals surface area contributed by atoms with Crippen molar-refractivity contribution in [1.29, 1.82) is 0 Å². The molecule has 1 aliphatic heterocycles. The maximum atomic E-state index is 12.7. The zero-order valence-corrected chi connectivity index (χ0v) is 14.6. The molecule has 1 saturated heterocycles. The van der Waals surface area contributed by atoms with E-state index in [1.54, 1.807) is 24.3 Å². The number of carbonyl (C=O) groups is 3. The molecule has 6 nitrogen and oxygen atoms in total. The Morgan fingerprint density at radius 2 is 1.75 bits per heavy atom. The first-order chi connectivity index (χ1) is 11.5. The maximum Gasteiger partial charge on any atom is 0.310 e. The maximum absolute atomic E-state index is 12.7. The summed E-state index contributed by atoms with van der Waals surface area (Å²) >= 11 is 3.61. The average molecular weight is 393 g/mol. The van der Waals surface area contributed by atoms with Gasteiger partial charge in [-0.2, -0.15) is 0 Å². The molecule has 126 valence electrons. The molecule has 2 N–H and O–H groups in total. The molecule has 7 heteroatoms. The van der Waals surface area contributed by atoms with E-state index in [0.717, 1.165) is 6.42 Å². The minimum Gasteiger partial charge on any atom is -0.461 e. The van der Waals surface area contributed by atoms with Gasteiger partial charge in [-0.15, -0.1) is 0 Å². The summed E-state index contributed by atoms with van der Waals surface area (Å²) in [5.41, 5.74) is 1.31. The number of rotatable bonds is 3. The molecule has 2 saturated carbocycles. The van der Waals surface area contributed by atoms with Crippen molar-refractivity contribution >= 4 is 45.1 Å². The number of amides is 2. The number of halogens is 1. The van der Waals surface area contributed by atoms with E-state index in [0.29, 0.717) is 11.4 Å². The van der Waals surface area contributed by atoms with Crippen molar-refractivity contribution < 1.29 is 19.1 Å². The van der Waals surface area contributed by atoms with Crippen LogP contribution >= 0.6 is 15.9 Å². The van der Waals surface area contributed by atoms with Gasteiger partial charge in [0.2, 0.25) is 11.8 Å². The first kappa shape index (κ1) is 15.6. The lowest BCUT2D eigenvalue weighted by Gasteiger charge is -2.27. The second-order valence-corrected chi connectivity index (χ2v) is 7.77. The molecule has 1 aromatic carbocycles. The van der Waals surface area contributed by atoms with Crippen LogP contribution in [-0.2, 0) is 19.1 Å². The lowest BCUT2D eigenvalue weighted by Crippen LogP contribution is -2.40. The number of ether oxygens (including phenoxy) is 1. The molecule has 0 spiro atoms. The summed E-state index contributed by atoms with van der Waals surface area (Å²) in [6.45, 7) is 1.44. The highest BCUT2D eigenvalue weighted by atomic mass is 79.9. The van der Waals surface area contributed by atoms with Crippen LogP contribution in [0.15, 0.2) is 24.3 Å². The largest absolute Gasteiger partial charge is 0.461 e. The Bertz CT molecular complexity index is 720. The van der Waals surface area contributed by atoms with Crippen LogP contribution in [0.3, 0.4) is 0 Å². The Hall–Kier alpha value is -1.89. The lowest BCUT2D eigenvalue weighted by molar-refractivity contribution is -0.145. The number of carbonyl (C=O) groups excluding carboxylic acids is 3. The molecular formula is C17H17BrN2O4. The molecule has 24 heavy (non-hydrogen) atoms. The van der Waals surface area contributed by atoms with Crippen molar-refractivity contribution in [1.82, 2.24) is 0 Å². The second-order valence-electron chi connectivity index (χ2n) is 6.71. The second kappa shape index (κ2) is 5.58. The molecule has 1 heterocycles. The van der Waals surface area contributed by atoms with E-state index in [1.807, 2.05) is 0 Å². The van der Waals surface area contributed by atoms with Crippen molar-refractivity contribution in [3.63, 3.8) is 0 Å². The quantitative estimate of drug-likeness (QED) is 0.609. The van der Waals surface area contributed by atoms with Crippen molar-refractivity contribution in [3.05, 3.63) is 24.3 Å². The topological polar surface area (TPSA) is 84.5 Å². The SMILES string of the molecule is CC(=O)Nc1ccc(NC(=O)[C@@H]2[C@H]3C[C@H]4[C@H](OC(=O)[C@@H]42)[C@H]3Br)cc1. The third-order valence-corrected chi connectivity index (χ3v) is 6.50. The van der Waals surface area contributed by atoms with Gasteiger partial charge in [-0.05, 0) is 36.6 Å². The van der Waals surface area contributed by atoms with Crippen molar-refractivity contribution in [2.24, 2.45) is 23.7 Å². The highest BCUT2D eigenvalue weighted by Gasteiger charge is 2.67. The van der Waals surface area contributed by atoms with Gasteiger partial charge < -0.3 is 15.4 Å². The van der Waals surface area contributed by atoms with Gasteiger partial charge in [-0.1, -0.05) is 15.9 Å². The summed E-state index contributed by atoms with van der Waals surface area (Å²) in [5.74, 6) is -0.892. The summed E-state index contributed by atoms with van der Waals surface area (Å²) in [4.78, 5) is 35.9. The first-order valence-electron chi connectivity index (χ1n) is 7.99. The van der Waals surface area contributed by atoms with Crippen LogP contribution in [0.5, 0.6) is 0 Å². The van der Waals surface area contributed by atoms with E-state index in [9.17, 15) is 14.4 Å². The summed E-state index contributed by atoms with van der Waals surface area (Å²) in [7, 11) is 0. The van der Waals surface area contributed by atoms with Gasteiger partial charge in [0.05, 0.1) is 16.7 Å². The number of benzene rings is 1. The Labute approximate surface area is 147 Å². The van der Waals surface area contributed by atoms with Crippen LogP contribution in [0.4, 0.5) is 11.4 Å². The molecule has 1 aromatic rings. The fourth-order valence-corrected chi connectivity index (χ4v) is 5.44. The average Bonchev–Trinajstić information content (AvgIpc) is 3.13.